The number of hydrogen-bond donors (Lipinski definition) is 1. The number of imidazole rings is 1. The molecule has 4 nitrogen and oxygen atoms in total. The van der Waals surface area contributed by atoms with Crippen LogP contribution in [-0.4, -0.2) is 14.6 Å². The topological polar surface area (TPSA) is 56.2 Å². The smallest absolute Gasteiger partial charge is 0.214 e. The van der Waals surface area contributed by atoms with Gasteiger partial charge in [0.1, 0.15) is 0 Å². The predicted octanol–water partition coefficient (Wildman–Crippen LogP) is 3.34. The summed E-state index contributed by atoms with van der Waals surface area (Å²) in [6, 6.07) is 8.53. The lowest BCUT2D eigenvalue weighted by Crippen LogP contribution is -2.10. The van der Waals surface area contributed by atoms with Crippen molar-refractivity contribution in [3.8, 4) is 11.3 Å². The molecule has 0 bridgehead atoms. The Kier molecular flexibility index (Phi) is 2.60. The van der Waals surface area contributed by atoms with Crippen molar-refractivity contribution in [3.63, 3.8) is 0 Å². The van der Waals surface area contributed by atoms with E-state index in [0.29, 0.717) is 5.13 Å². The minimum Gasteiger partial charge on any atom is -0.374 e. The van der Waals surface area contributed by atoms with Crippen LogP contribution in [0.25, 0.3) is 16.2 Å². The van der Waals surface area contributed by atoms with Gasteiger partial charge in [-0.15, -0.1) is 5.10 Å². The van der Waals surface area contributed by atoms with E-state index in [-0.39, 0.29) is 5.41 Å². The van der Waals surface area contributed by atoms with Crippen molar-refractivity contribution in [2.45, 2.75) is 26.2 Å². The van der Waals surface area contributed by atoms with Crippen LogP contribution in [0.4, 0.5) is 5.13 Å². The van der Waals surface area contributed by atoms with Crippen LogP contribution in [0.5, 0.6) is 0 Å². The molecule has 5 heteroatoms. The monoisotopic (exact) mass is 272 g/mol. The normalized spacial score (nSPS) is 12.2. The summed E-state index contributed by atoms with van der Waals surface area (Å²) in [7, 11) is 0. The Morgan fingerprint density at radius 1 is 1.16 bits per heavy atom. The van der Waals surface area contributed by atoms with Crippen LogP contribution < -0.4 is 5.73 Å². The van der Waals surface area contributed by atoms with E-state index in [1.54, 1.807) is 4.52 Å². The van der Waals surface area contributed by atoms with Crippen LogP contribution in [-0.2, 0) is 5.41 Å². The van der Waals surface area contributed by atoms with E-state index in [4.69, 9.17) is 5.73 Å². The van der Waals surface area contributed by atoms with Crippen LogP contribution >= 0.6 is 11.3 Å². The van der Waals surface area contributed by atoms with Gasteiger partial charge in [-0.3, -0.25) is 0 Å². The summed E-state index contributed by atoms with van der Waals surface area (Å²) >= 11 is 1.39. The number of nitrogens with zero attached hydrogens (tertiary/aromatic N) is 3. The number of hydrogen-bond acceptors (Lipinski definition) is 4. The SMILES string of the molecule is CC(C)(C)c1ccc(-c2cn3nc(N)sc3n2)cc1. The molecule has 2 aromatic heterocycles. The van der Waals surface area contributed by atoms with Gasteiger partial charge < -0.3 is 5.73 Å². The molecule has 0 saturated heterocycles. The number of nitrogens with two attached hydrogens (primary N) is 1. The van der Waals surface area contributed by atoms with Crippen LogP contribution in [0.2, 0.25) is 0 Å². The van der Waals surface area contributed by atoms with Crippen LogP contribution in [0.3, 0.4) is 0 Å². The lowest BCUT2D eigenvalue weighted by molar-refractivity contribution is 0.590. The highest BCUT2D eigenvalue weighted by Crippen LogP contribution is 2.27. The molecule has 0 radical (unpaired) electrons. The molecule has 2 N–H and O–H groups in total. The van der Waals surface area contributed by atoms with E-state index in [9.17, 15) is 0 Å². The molecule has 0 amide bonds. The minimum atomic E-state index is 0.170. The Morgan fingerprint density at radius 3 is 2.42 bits per heavy atom. The Labute approximate surface area is 115 Å². The van der Waals surface area contributed by atoms with Crippen LogP contribution in [0.15, 0.2) is 30.5 Å². The third-order valence-corrected chi connectivity index (χ3v) is 3.86. The number of rotatable bonds is 1. The summed E-state index contributed by atoms with van der Waals surface area (Å²) in [5.41, 5.74) is 9.16. The molecular formula is C14H16N4S. The zero-order valence-corrected chi connectivity index (χ0v) is 12.0. The first-order valence-electron chi connectivity index (χ1n) is 6.16. The van der Waals surface area contributed by atoms with E-state index in [0.717, 1.165) is 16.2 Å². The average molecular weight is 272 g/mol. The summed E-state index contributed by atoms with van der Waals surface area (Å²) in [6.07, 6.45) is 1.91. The molecule has 2 heterocycles. The molecular weight excluding hydrogens is 256 g/mol. The van der Waals surface area contributed by atoms with Crippen molar-refractivity contribution < 1.29 is 0 Å². The standard InChI is InChI=1S/C14H16N4S/c1-14(2,3)10-6-4-9(5-7-10)11-8-18-13(16-11)19-12(15)17-18/h4-8H,1-3H3,(H2,15,17). The molecule has 0 aliphatic heterocycles. The molecule has 3 rings (SSSR count). The average Bonchev–Trinajstić information content (AvgIpc) is 2.85. The molecule has 0 atom stereocenters. The van der Waals surface area contributed by atoms with Crippen molar-refractivity contribution in [3.05, 3.63) is 36.0 Å². The van der Waals surface area contributed by atoms with Gasteiger partial charge in [-0.25, -0.2) is 9.50 Å². The van der Waals surface area contributed by atoms with Gasteiger partial charge in [0, 0.05) is 5.56 Å². The van der Waals surface area contributed by atoms with Gasteiger partial charge in [-0.2, -0.15) is 0 Å². The fourth-order valence-corrected chi connectivity index (χ4v) is 2.64. The highest BCUT2D eigenvalue weighted by Gasteiger charge is 2.14. The molecule has 98 valence electrons. The quantitative estimate of drug-likeness (QED) is 0.739. The first-order chi connectivity index (χ1) is 8.93. The van der Waals surface area contributed by atoms with Crippen LogP contribution in [0.1, 0.15) is 26.3 Å². The Balaban J connectivity index is 1.99. The Bertz CT molecular complexity index is 685. The van der Waals surface area contributed by atoms with E-state index in [1.165, 1.54) is 16.9 Å². The second-order valence-corrected chi connectivity index (χ2v) is 6.61. The Morgan fingerprint density at radius 2 is 1.84 bits per heavy atom. The van der Waals surface area contributed by atoms with Crippen molar-refractivity contribution in [1.29, 1.82) is 0 Å². The molecule has 0 saturated carbocycles. The predicted molar refractivity (Wildman–Crippen MR) is 79.4 cm³/mol. The maximum atomic E-state index is 5.64. The molecule has 0 aliphatic carbocycles. The van der Waals surface area contributed by atoms with E-state index >= 15 is 0 Å². The van der Waals surface area contributed by atoms with Gasteiger partial charge in [0.05, 0.1) is 11.9 Å². The number of nitrogen functional groups attached to an aromatic ring is 1. The minimum absolute atomic E-state index is 0.170. The largest absolute Gasteiger partial charge is 0.374 e. The van der Waals surface area contributed by atoms with Gasteiger partial charge in [-0.1, -0.05) is 56.4 Å². The fraction of sp³-hybridized carbons (Fsp3) is 0.286. The van der Waals surface area contributed by atoms with Crippen molar-refractivity contribution >= 4 is 21.4 Å². The number of aromatic nitrogens is 3. The van der Waals surface area contributed by atoms with E-state index in [2.05, 4.69) is 55.1 Å². The lowest BCUT2D eigenvalue weighted by atomic mass is 9.86. The van der Waals surface area contributed by atoms with E-state index < -0.39 is 0 Å². The molecule has 0 fully saturated rings. The van der Waals surface area contributed by atoms with Crippen molar-refractivity contribution in [1.82, 2.24) is 14.6 Å². The third kappa shape index (κ3) is 2.21. The summed E-state index contributed by atoms with van der Waals surface area (Å²) in [4.78, 5) is 5.36. The number of anilines is 1. The van der Waals surface area contributed by atoms with Gasteiger partial charge in [0.15, 0.2) is 0 Å². The maximum absolute atomic E-state index is 5.64. The second-order valence-electron chi connectivity index (χ2n) is 5.62. The highest BCUT2D eigenvalue weighted by molar-refractivity contribution is 7.20. The van der Waals surface area contributed by atoms with Gasteiger partial charge in [0.25, 0.3) is 0 Å². The summed E-state index contributed by atoms with van der Waals surface area (Å²) < 4.78 is 1.73. The molecule has 3 aromatic rings. The maximum Gasteiger partial charge on any atom is 0.214 e. The molecule has 0 aliphatic rings. The first kappa shape index (κ1) is 12.2. The zero-order chi connectivity index (χ0) is 13.6. The molecule has 19 heavy (non-hydrogen) atoms. The summed E-state index contributed by atoms with van der Waals surface area (Å²) in [5.74, 6) is 0. The van der Waals surface area contributed by atoms with E-state index in [1.807, 2.05) is 6.20 Å². The second kappa shape index (κ2) is 4.06. The van der Waals surface area contributed by atoms with Crippen molar-refractivity contribution in [2.24, 2.45) is 0 Å². The van der Waals surface area contributed by atoms with Gasteiger partial charge in [-0.05, 0) is 11.0 Å². The van der Waals surface area contributed by atoms with Gasteiger partial charge in [0.2, 0.25) is 10.1 Å². The summed E-state index contributed by atoms with van der Waals surface area (Å²) in [5, 5.41) is 4.71. The molecule has 0 unspecified atom stereocenters. The van der Waals surface area contributed by atoms with Crippen LogP contribution in [0, 0.1) is 0 Å². The number of benzene rings is 1. The number of fused-ring (bicyclic) bond motifs is 1. The van der Waals surface area contributed by atoms with Gasteiger partial charge >= 0.3 is 0 Å². The molecule has 1 aromatic carbocycles. The third-order valence-electron chi connectivity index (χ3n) is 3.11. The van der Waals surface area contributed by atoms with Crippen molar-refractivity contribution in [2.75, 3.05) is 5.73 Å². The first-order valence-corrected chi connectivity index (χ1v) is 6.98. The lowest BCUT2D eigenvalue weighted by Gasteiger charge is -2.18. The Hall–Kier alpha value is -1.88. The molecule has 0 spiro atoms. The highest BCUT2D eigenvalue weighted by atomic mass is 32.1. The fourth-order valence-electron chi connectivity index (χ4n) is 2.00. The zero-order valence-electron chi connectivity index (χ0n) is 11.2. The summed E-state index contributed by atoms with van der Waals surface area (Å²) in [6.45, 7) is 6.63.